The van der Waals surface area contributed by atoms with Crippen LogP contribution in [0.2, 0.25) is 5.02 Å². The normalized spacial score (nSPS) is 13.4. The first kappa shape index (κ1) is 38.6. The van der Waals surface area contributed by atoms with Crippen molar-refractivity contribution in [1.29, 1.82) is 0 Å². The van der Waals surface area contributed by atoms with E-state index in [2.05, 4.69) is 20.8 Å². The van der Waals surface area contributed by atoms with Gasteiger partial charge in [0.25, 0.3) is 5.91 Å². The molecule has 0 fully saturated rings. The van der Waals surface area contributed by atoms with Crippen molar-refractivity contribution >= 4 is 41.7 Å². The van der Waals surface area contributed by atoms with E-state index in [1.54, 1.807) is 24.3 Å². The van der Waals surface area contributed by atoms with Gasteiger partial charge in [0.1, 0.15) is 24.2 Å². The van der Waals surface area contributed by atoms with Gasteiger partial charge < -0.3 is 39.6 Å². The monoisotopic (exact) mass is 732 g/mol. The van der Waals surface area contributed by atoms with Crippen LogP contribution in [0.5, 0.6) is 5.75 Å². The van der Waals surface area contributed by atoms with Crippen molar-refractivity contribution < 1.29 is 38.6 Å². The average molecular weight is 733 g/mol. The van der Waals surface area contributed by atoms with Gasteiger partial charge in [0.2, 0.25) is 5.91 Å². The minimum absolute atomic E-state index is 0.116. The number of aryl methyl sites for hydroxylation is 1. The second kappa shape index (κ2) is 19.3. The lowest BCUT2D eigenvalue weighted by Crippen LogP contribution is -2.32. The second-order valence-corrected chi connectivity index (χ2v) is 12.2. The summed E-state index contributed by atoms with van der Waals surface area (Å²) >= 11 is 6.21. The third-order valence-electron chi connectivity index (χ3n) is 7.99. The minimum atomic E-state index is -1.63. The lowest BCUT2D eigenvalue weighted by atomic mass is 9.79. The summed E-state index contributed by atoms with van der Waals surface area (Å²) in [4.78, 5) is 30.0. The summed E-state index contributed by atoms with van der Waals surface area (Å²) in [7, 11) is -1.63. The van der Waals surface area contributed by atoms with Crippen LogP contribution in [0.4, 0.5) is 0 Å². The van der Waals surface area contributed by atoms with Crippen LogP contribution in [-0.2, 0) is 19.0 Å². The summed E-state index contributed by atoms with van der Waals surface area (Å²) in [5.74, 6) is 1.43. The summed E-state index contributed by atoms with van der Waals surface area (Å²) in [5, 5.41) is 33.5. The van der Waals surface area contributed by atoms with Crippen LogP contribution in [0.3, 0.4) is 0 Å². The highest BCUT2D eigenvalue weighted by Gasteiger charge is 2.30. The summed E-state index contributed by atoms with van der Waals surface area (Å²) < 4.78 is 24.7. The molecule has 1 atom stereocenters. The summed E-state index contributed by atoms with van der Waals surface area (Å²) in [6.07, 6.45) is 0.116. The molecule has 16 heteroatoms. The van der Waals surface area contributed by atoms with Gasteiger partial charge in [0.15, 0.2) is 5.82 Å². The molecule has 1 aliphatic rings. The molecule has 0 saturated heterocycles. The first-order valence-electron chi connectivity index (χ1n) is 17.0. The molecule has 52 heavy (non-hydrogen) atoms. The highest BCUT2D eigenvalue weighted by Crippen LogP contribution is 2.34. The number of fused-ring (bicyclic) bond motifs is 3. The minimum Gasteiger partial charge on any atom is -0.491 e. The van der Waals surface area contributed by atoms with E-state index in [0.717, 1.165) is 16.8 Å². The Morgan fingerprint density at radius 3 is 2.31 bits per heavy atom. The molecule has 0 spiro atoms. The fourth-order valence-corrected chi connectivity index (χ4v) is 5.65. The molecule has 0 radical (unpaired) electrons. The van der Waals surface area contributed by atoms with E-state index < -0.39 is 13.2 Å². The molecule has 0 bridgehead atoms. The Bertz CT molecular complexity index is 1840. The maximum Gasteiger partial charge on any atom is 0.488 e. The standard InChI is InChI=1S/C36H42BClN6O8/c1-3-39-33(45)23-31-35-43-42-24(2)44(35)32-12-11-29(22-30(32)34(41-31)25-7-9-28(38)10-8-25)52-20-19-51-18-17-50-16-15-49-14-13-40-36(46)26-5-4-6-27(21-26)37(47)48/h4-12,21-22,31,47-48H,3,13-20,23H2,1-2H3,(H,39,45)(H,40,46). The van der Waals surface area contributed by atoms with E-state index in [-0.39, 0.29) is 23.7 Å². The molecular weight excluding hydrogens is 691 g/mol. The maximum atomic E-state index is 12.7. The van der Waals surface area contributed by atoms with Crippen molar-refractivity contribution in [3.63, 3.8) is 0 Å². The number of carbonyl (C=O) groups excluding carboxylic acids is 2. The third kappa shape index (κ3) is 10.5. The molecule has 4 aromatic rings. The Labute approximate surface area is 307 Å². The van der Waals surface area contributed by atoms with Gasteiger partial charge in [-0.1, -0.05) is 35.9 Å². The molecule has 0 aliphatic carbocycles. The van der Waals surface area contributed by atoms with Crippen molar-refractivity contribution in [3.8, 4) is 11.4 Å². The largest absolute Gasteiger partial charge is 0.491 e. The van der Waals surface area contributed by atoms with E-state index in [1.807, 2.05) is 48.7 Å². The number of aromatic nitrogens is 3. The number of benzene rings is 3. The van der Waals surface area contributed by atoms with Crippen molar-refractivity contribution in [1.82, 2.24) is 25.4 Å². The number of aliphatic imine (C=N–C) groups is 1. The average Bonchev–Trinajstić information content (AvgIpc) is 3.46. The lowest BCUT2D eigenvalue weighted by Gasteiger charge is -2.15. The van der Waals surface area contributed by atoms with Crippen molar-refractivity contribution in [2.45, 2.75) is 26.3 Å². The molecule has 14 nitrogen and oxygen atoms in total. The Morgan fingerprint density at radius 2 is 1.60 bits per heavy atom. The highest BCUT2D eigenvalue weighted by molar-refractivity contribution is 6.58. The molecule has 1 unspecified atom stereocenters. The number of rotatable bonds is 19. The molecule has 2 amide bonds. The molecule has 3 aromatic carbocycles. The van der Waals surface area contributed by atoms with Crippen molar-refractivity contribution in [2.75, 3.05) is 59.3 Å². The van der Waals surface area contributed by atoms with Gasteiger partial charge in [0.05, 0.1) is 57.5 Å². The molecule has 1 aliphatic heterocycles. The maximum absolute atomic E-state index is 12.7. The number of nitrogens with one attached hydrogen (secondary N) is 2. The fourth-order valence-electron chi connectivity index (χ4n) is 5.52. The predicted octanol–water partition coefficient (Wildman–Crippen LogP) is 2.19. The van der Waals surface area contributed by atoms with E-state index in [0.29, 0.717) is 93.0 Å². The van der Waals surface area contributed by atoms with Gasteiger partial charge >= 0.3 is 7.12 Å². The Kier molecular flexibility index (Phi) is 14.3. The van der Waals surface area contributed by atoms with Crippen LogP contribution >= 0.6 is 11.6 Å². The van der Waals surface area contributed by atoms with Gasteiger partial charge in [-0.15, -0.1) is 10.2 Å². The van der Waals surface area contributed by atoms with Crippen LogP contribution in [-0.4, -0.2) is 109 Å². The highest BCUT2D eigenvalue weighted by atomic mass is 35.5. The Balaban J connectivity index is 1.07. The molecule has 1 aromatic heterocycles. The van der Waals surface area contributed by atoms with Crippen LogP contribution in [0, 0.1) is 6.92 Å². The fraction of sp³-hybridized carbons (Fsp3) is 0.361. The number of nitrogens with zero attached hydrogens (tertiary/aromatic N) is 4. The van der Waals surface area contributed by atoms with Gasteiger partial charge in [-0.3, -0.25) is 19.1 Å². The number of hydrogen-bond acceptors (Lipinski definition) is 11. The van der Waals surface area contributed by atoms with Crippen molar-refractivity contribution in [2.24, 2.45) is 4.99 Å². The Morgan fingerprint density at radius 1 is 0.885 bits per heavy atom. The number of ether oxygens (including phenoxy) is 4. The van der Waals surface area contributed by atoms with Crippen LogP contribution in [0.15, 0.2) is 71.7 Å². The molecule has 0 saturated carbocycles. The van der Waals surface area contributed by atoms with Gasteiger partial charge in [-0.05, 0) is 61.8 Å². The number of amides is 2. The topological polar surface area (TPSA) is 179 Å². The third-order valence-corrected chi connectivity index (χ3v) is 8.24. The van der Waals surface area contributed by atoms with Gasteiger partial charge in [-0.25, -0.2) is 0 Å². The number of carbonyl (C=O) groups is 2. The van der Waals surface area contributed by atoms with Crippen molar-refractivity contribution in [3.05, 3.63) is 100 Å². The van der Waals surface area contributed by atoms with Gasteiger partial charge in [-0.2, -0.15) is 0 Å². The smallest absolute Gasteiger partial charge is 0.488 e. The zero-order valence-electron chi connectivity index (χ0n) is 29.1. The molecule has 2 heterocycles. The van der Waals surface area contributed by atoms with E-state index in [9.17, 15) is 19.6 Å². The predicted molar refractivity (Wildman–Crippen MR) is 196 cm³/mol. The quantitative estimate of drug-likeness (QED) is 0.0826. The number of hydrogen-bond donors (Lipinski definition) is 4. The second-order valence-electron chi connectivity index (χ2n) is 11.7. The van der Waals surface area contributed by atoms with Crippen LogP contribution < -0.4 is 20.8 Å². The summed E-state index contributed by atoms with van der Waals surface area (Å²) in [6, 6.07) is 18.7. The van der Waals surface area contributed by atoms with Gasteiger partial charge in [0, 0.05) is 34.8 Å². The summed E-state index contributed by atoms with van der Waals surface area (Å²) in [5.41, 5.74) is 3.73. The molecule has 5 rings (SSSR count). The number of halogens is 1. The van der Waals surface area contributed by atoms with E-state index >= 15 is 0 Å². The molecule has 4 N–H and O–H groups in total. The first-order valence-corrected chi connectivity index (χ1v) is 17.4. The van der Waals surface area contributed by atoms with E-state index in [4.69, 9.17) is 35.5 Å². The lowest BCUT2D eigenvalue weighted by molar-refractivity contribution is -0.121. The Hall–Kier alpha value is -4.64. The SMILES string of the molecule is CCNC(=O)CC1N=C(c2ccc(Cl)cc2)c2cc(OCCOCCOCCOCCNC(=O)c3cccc(B(O)O)c3)ccc2-n2c(C)nnc21. The molecule has 274 valence electrons. The van der Waals surface area contributed by atoms with Crippen LogP contribution in [0.1, 0.15) is 52.5 Å². The first-order chi connectivity index (χ1) is 25.2. The zero-order chi connectivity index (χ0) is 36.9. The molecular formula is C36H42BClN6O8. The van der Waals surface area contributed by atoms with Crippen LogP contribution in [0.25, 0.3) is 5.69 Å². The summed E-state index contributed by atoms with van der Waals surface area (Å²) in [6.45, 7) is 7.00. The van der Waals surface area contributed by atoms with E-state index in [1.165, 1.54) is 12.1 Å². The zero-order valence-corrected chi connectivity index (χ0v) is 29.8.